The third-order valence-electron chi connectivity index (χ3n) is 2.99. The lowest BCUT2D eigenvalue weighted by molar-refractivity contribution is 0.601. The number of para-hydroxylation sites is 1. The van der Waals surface area contributed by atoms with Gasteiger partial charge in [-0.1, -0.05) is 41.4 Å². The Hall–Kier alpha value is -1.82. The van der Waals surface area contributed by atoms with Gasteiger partial charge < -0.3 is 0 Å². The number of fused-ring (bicyclic) bond motifs is 1. The Morgan fingerprint density at radius 1 is 0.955 bits per heavy atom. The highest BCUT2D eigenvalue weighted by Crippen LogP contribution is 2.25. The molecule has 0 amide bonds. The average molecular weight is 353 g/mol. The molecule has 7 heteroatoms. The van der Waals surface area contributed by atoms with Crippen molar-refractivity contribution in [3.63, 3.8) is 0 Å². The van der Waals surface area contributed by atoms with Gasteiger partial charge in [0.1, 0.15) is 0 Å². The normalized spacial score (nSPS) is 11.5. The van der Waals surface area contributed by atoms with Crippen molar-refractivity contribution in [2.75, 3.05) is 4.72 Å². The molecular formula is C15H10Cl2N2O2S. The third-order valence-corrected chi connectivity index (χ3v) is 4.79. The van der Waals surface area contributed by atoms with Crippen LogP contribution in [-0.2, 0) is 10.0 Å². The molecule has 0 aliphatic heterocycles. The average Bonchev–Trinajstić information content (AvgIpc) is 2.46. The van der Waals surface area contributed by atoms with Crippen LogP contribution in [0.2, 0.25) is 10.0 Å². The molecule has 0 saturated carbocycles. The number of aromatic nitrogens is 1. The Labute approximate surface area is 137 Å². The largest absolute Gasteiger partial charge is 0.278 e. The number of nitrogens with zero attached hydrogens (tertiary/aromatic N) is 1. The first kappa shape index (κ1) is 15.1. The van der Waals surface area contributed by atoms with E-state index in [1.165, 1.54) is 24.4 Å². The van der Waals surface area contributed by atoms with Crippen molar-refractivity contribution in [2.24, 2.45) is 0 Å². The maximum Gasteiger partial charge on any atom is 0.262 e. The first-order valence-electron chi connectivity index (χ1n) is 6.28. The number of sulfonamides is 1. The molecule has 1 aromatic heterocycles. The number of benzene rings is 2. The maximum atomic E-state index is 12.4. The number of nitrogens with one attached hydrogen (secondary N) is 1. The molecule has 0 radical (unpaired) electrons. The van der Waals surface area contributed by atoms with Crippen molar-refractivity contribution >= 4 is 49.8 Å². The van der Waals surface area contributed by atoms with E-state index in [4.69, 9.17) is 23.2 Å². The second kappa shape index (κ2) is 5.76. The molecule has 0 unspecified atom stereocenters. The van der Waals surface area contributed by atoms with E-state index in [0.717, 1.165) is 10.9 Å². The fourth-order valence-corrected chi connectivity index (χ4v) is 3.78. The zero-order valence-corrected chi connectivity index (χ0v) is 13.5. The number of pyridine rings is 1. The van der Waals surface area contributed by atoms with Crippen LogP contribution in [0, 0.1) is 0 Å². The Bertz CT molecular complexity index is 938. The Morgan fingerprint density at radius 2 is 1.64 bits per heavy atom. The van der Waals surface area contributed by atoms with Gasteiger partial charge in [0, 0.05) is 15.4 Å². The molecule has 22 heavy (non-hydrogen) atoms. The van der Waals surface area contributed by atoms with Gasteiger partial charge >= 0.3 is 0 Å². The van der Waals surface area contributed by atoms with Crippen LogP contribution in [-0.4, -0.2) is 13.4 Å². The lowest BCUT2D eigenvalue weighted by Gasteiger charge is -2.09. The monoisotopic (exact) mass is 352 g/mol. The number of halogens is 2. The summed E-state index contributed by atoms with van der Waals surface area (Å²) in [5.74, 6) is 0. The van der Waals surface area contributed by atoms with Crippen LogP contribution in [0.5, 0.6) is 0 Å². The first-order chi connectivity index (χ1) is 10.4. The Kier molecular flexibility index (Phi) is 3.95. The summed E-state index contributed by atoms with van der Waals surface area (Å²) in [7, 11) is -3.79. The minimum Gasteiger partial charge on any atom is -0.278 e. The summed E-state index contributed by atoms with van der Waals surface area (Å²) in [4.78, 5) is 4.21. The molecule has 0 aliphatic carbocycles. The second-order valence-corrected chi connectivity index (χ2v) is 7.18. The van der Waals surface area contributed by atoms with Gasteiger partial charge in [-0.25, -0.2) is 8.42 Å². The summed E-state index contributed by atoms with van der Waals surface area (Å²) in [5.41, 5.74) is 1.16. The van der Waals surface area contributed by atoms with E-state index in [1.807, 2.05) is 24.3 Å². The lowest BCUT2D eigenvalue weighted by atomic mass is 10.2. The summed E-state index contributed by atoms with van der Waals surface area (Å²) < 4.78 is 27.2. The van der Waals surface area contributed by atoms with Gasteiger partial charge in [0.05, 0.1) is 22.3 Å². The zero-order valence-electron chi connectivity index (χ0n) is 11.1. The molecule has 1 heterocycles. The second-order valence-electron chi connectivity index (χ2n) is 4.63. The van der Waals surface area contributed by atoms with Crippen LogP contribution in [0.4, 0.5) is 5.69 Å². The molecular weight excluding hydrogens is 343 g/mol. The van der Waals surface area contributed by atoms with Crippen LogP contribution in [0.1, 0.15) is 0 Å². The van der Waals surface area contributed by atoms with E-state index in [2.05, 4.69) is 9.71 Å². The van der Waals surface area contributed by atoms with E-state index in [1.54, 1.807) is 6.07 Å². The van der Waals surface area contributed by atoms with Gasteiger partial charge in [-0.3, -0.25) is 9.71 Å². The summed E-state index contributed by atoms with van der Waals surface area (Å²) in [5, 5.41) is 1.35. The van der Waals surface area contributed by atoms with Crippen molar-refractivity contribution in [1.82, 2.24) is 4.98 Å². The van der Waals surface area contributed by atoms with E-state index in [0.29, 0.717) is 5.69 Å². The van der Waals surface area contributed by atoms with E-state index < -0.39 is 10.0 Å². The number of anilines is 1. The van der Waals surface area contributed by atoms with Crippen LogP contribution < -0.4 is 4.72 Å². The molecule has 0 fully saturated rings. The van der Waals surface area contributed by atoms with Crippen molar-refractivity contribution in [2.45, 2.75) is 4.90 Å². The standard InChI is InChI=1S/C15H10Cl2N2O2S/c16-11-6-12(17)8-14(7-11)22(20,21)19-13-5-10-3-1-2-4-15(10)18-9-13/h1-9,19H. The molecule has 112 valence electrons. The highest BCUT2D eigenvalue weighted by molar-refractivity contribution is 7.92. The smallest absolute Gasteiger partial charge is 0.262 e. The van der Waals surface area contributed by atoms with Crippen molar-refractivity contribution in [3.8, 4) is 0 Å². The van der Waals surface area contributed by atoms with E-state index in [9.17, 15) is 8.42 Å². The molecule has 0 saturated heterocycles. The Balaban J connectivity index is 1.98. The molecule has 0 atom stereocenters. The van der Waals surface area contributed by atoms with Crippen LogP contribution in [0.3, 0.4) is 0 Å². The van der Waals surface area contributed by atoms with Gasteiger partial charge in [-0.05, 0) is 30.3 Å². The van der Waals surface area contributed by atoms with Gasteiger partial charge in [-0.2, -0.15) is 0 Å². The maximum absolute atomic E-state index is 12.4. The van der Waals surface area contributed by atoms with E-state index >= 15 is 0 Å². The molecule has 2 aromatic carbocycles. The zero-order chi connectivity index (χ0) is 15.7. The SMILES string of the molecule is O=S(=O)(Nc1cnc2ccccc2c1)c1cc(Cl)cc(Cl)c1. The van der Waals surface area contributed by atoms with Gasteiger partial charge in [0.25, 0.3) is 10.0 Å². The molecule has 1 N–H and O–H groups in total. The summed E-state index contributed by atoms with van der Waals surface area (Å²) >= 11 is 11.7. The minimum absolute atomic E-state index is 0.00170. The Morgan fingerprint density at radius 3 is 2.36 bits per heavy atom. The van der Waals surface area contributed by atoms with Gasteiger partial charge in [0.15, 0.2) is 0 Å². The van der Waals surface area contributed by atoms with Crippen molar-refractivity contribution in [3.05, 3.63) is 64.8 Å². The van der Waals surface area contributed by atoms with Crippen molar-refractivity contribution in [1.29, 1.82) is 0 Å². The van der Waals surface area contributed by atoms with E-state index in [-0.39, 0.29) is 14.9 Å². The predicted octanol–water partition coefficient (Wildman–Crippen LogP) is 4.34. The fourth-order valence-electron chi connectivity index (χ4n) is 2.02. The highest BCUT2D eigenvalue weighted by atomic mass is 35.5. The lowest BCUT2D eigenvalue weighted by Crippen LogP contribution is -2.13. The number of hydrogen-bond donors (Lipinski definition) is 1. The minimum atomic E-state index is -3.79. The van der Waals surface area contributed by atoms with Crippen LogP contribution in [0.25, 0.3) is 10.9 Å². The number of rotatable bonds is 3. The number of hydrogen-bond acceptors (Lipinski definition) is 3. The van der Waals surface area contributed by atoms with Gasteiger partial charge in [-0.15, -0.1) is 0 Å². The summed E-state index contributed by atoms with van der Waals surface area (Å²) in [6.07, 6.45) is 1.46. The fraction of sp³-hybridized carbons (Fsp3) is 0. The molecule has 3 aromatic rings. The van der Waals surface area contributed by atoms with Gasteiger partial charge in [0.2, 0.25) is 0 Å². The first-order valence-corrected chi connectivity index (χ1v) is 8.52. The predicted molar refractivity (Wildman–Crippen MR) is 89.0 cm³/mol. The quantitative estimate of drug-likeness (QED) is 0.762. The topological polar surface area (TPSA) is 59.1 Å². The molecule has 3 rings (SSSR count). The summed E-state index contributed by atoms with van der Waals surface area (Å²) in [6, 6.07) is 13.3. The molecule has 0 spiro atoms. The third kappa shape index (κ3) is 3.16. The van der Waals surface area contributed by atoms with Crippen LogP contribution >= 0.6 is 23.2 Å². The summed E-state index contributed by atoms with van der Waals surface area (Å²) in [6.45, 7) is 0. The molecule has 0 bridgehead atoms. The highest BCUT2D eigenvalue weighted by Gasteiger charge is 2.16. The molecule has 4 nitrogen and oxygen atoms in total. The van der Waals surface area contributed by atoms with Crippen molar-refractivity contribution < 1.29 is 8.42 Å². The van der Waals surface area contributed by atoms with Crippen LogP contribution in [0.15, 0.2) is 59.6 Å². The molecule has 0 aliphatic rings.